The van der Waals surface area contributed by atoms with Gasteiger partial charge in [0.05, 0.1) is 4.92 Å². The number of rotatable bonds is 5. The molecule has 1 atom stereocenters. The maximum Gasteiger partial charge on any atom is 0.292 e. The van der Waals surface area contributed by atoms with Crippen LogP contribution in [-0.4, -0.2) is 23.2 Å². The fraction of sp³-hybridized carbons (Fsp3) is 0.400. The zero-order chi connectivity index (χ0) is 12.1. The Morgan fingerprint density at radius 2 is 2.31 bits per heavy atom. The molecular weight excluding hydrogens is 276 g/mol. The summed E-state index contributed by atoms with van der Waals surface area (Å²) in [6, 6.07) is 4.72. The normalized spacial score (nSPS) is 12.2. The summed E-state index contributed by atoms with van der Waals surface area (Å²) in [6.45, 7) is 2.40. The van der Waals surface area contributed by atoms with Gasteiger partial charge in [0.15, 0.2) is 0 Å². The molecule has 0 aromatic heterocycles. The Bertz CT molecular complexity index is 384. The van der Waals surface area contributed by atoms with E-state index in [0.29, 0.717) is 12.2 Å². The summed E-state index contributed by atoms with van der Waals surface area (Å²) in [5.74, 6) is 0.0542. The highest BCUT2D eigenvalue weighted by Gasteiger charge is 2.13. The number of hydrogen-bond acceptors (Lipinski definition) is 4. The van der Waals surface area contributed by atoms with Crippen LogP contribution in [0.3, 0.4) is 0 Å². The van der Waals surface area contributed by atoms with Crippen LogP contribution in [0.1, 0.15) is 6.92 Å². The molecule has 0 amide bonds. The van der Waals surface area contributed by atoms with Gasteiger partial charge in [-0.25, -0.2) is 0 Å². The Morgan fingerprint density at radius 3 is 2.88 bits per heavy atom. The molecule has 0 spiro atoms. The first-order chi connectivity index (χ1) is 7.54. The lowest BCUT2D eigenvalue weighted by atomic mass is 10.2. The van der Waals surface area contributed by atoms with Crippen molar-refractivity contribution in [2.24, 2.45) is 5.92 Å². The Morgan fingerprint density at radius 1 is 1.62 bits per heavy atom. The third-order valence-corrected chi connectivity index (χ3v) is 2.60. The predicted molar refractivity (Wildman–Crippen MR) is 65.5 cm³/mol. The predicted octanol–water partition coefficient (Wildman–Crippen LogP) is 2.40. The number of halogens is 1. The average Bonchev–Trinajstić information content (AvgIpc) is 2.25. The van der Waals surface area contributed by atoms with Gasteiger partial charge in [-0.2, -0.15) is 0 Å². The van der Waals surface area contributed by atoms with Crippen LogP contribution in [0.25, 0.3) is 0 Å². The van der Waals surface area contributed by atoms with Crippen molar-refractivity contribution >= 4 is 27.3 Å². The zero-order valence-electron chi connectivity index (χ0n) is 8.81. The van der Waals surface area contributed by atoms with Crippen molar-refractivity contribution in [2.45, 2.75) is 6.92 Å². The van der Waals surface area contributed by atoms with Crippen LogP contribution in [0.15, 0.2) is 22.7 Å². The summed E-state index contributed by atoms with van der Waals surface area (Å²) >= 11 is 3.26. The van der Waals surface area contributed by atoms with Crippen LogP contribution in [0.2, 0.25) is 0 Å². The lowest BCUT2D eigenvalue weighted by Gasteiger charge is -2.11. The van der Waals surface area contributed by atoms with Gasteiger partial charge in [-0.3, -0.25) is 10.1 Å². The summed E-state index contributed by atoms with van der Waals surface area (Å²) in [5.41, 5.74) is 0.494. The Labute approximate surface area is 102 Å². The van der Waals surface area contributed by atoms with Gasteiger partial charge in [-0.15, -0.1) is 0 Å². The fourth-order valence-corrected chi connectivity index (χ4v) is 1.52. The van der Waals surface area contributed by atoms with E-state index in [1.54, 1.807) is 12.1 Å². The summed E-state index contributed by atoms with van der Waals surface area (Å²) in [4.78, 5) is 10.3. The van der Waals surface area contributed by atoms with Gasteiger partial charge in [-0.05, 0) is 18.1 Å². The minimum absolute atomic E-state index is 0.0355. The molecule has 0 fully saturated rings. The number of nitrogens with zero attached hydrogens (tertiary/aromatic N) is 1. The van der Waals surface area contributed by atoms with E-state index in [0.717, 1.165) is 4.47 Å². The zero-order valence-corrected chi connectivity index (χ0v) is 10.4. The largest absolute Gasteiger partial charge is 0.396 e. The Balaban J connectivity index is 2.84. The Kier molecular flexibility index (Phi) is 4.70. The molecule has 0 aliphatic carbocycles. The molecule has 0 bridgehead atoms. The molecule has 5 nitrogen and oxygen atoms in total. The van der Waals surface area contributed by atoms with E-state index in [1.807, 2.05) is 6.92 Å². The van der Waals surface area contributed by atoms with Crippen molar-refractivity contribution in [1.82, 2.24) is 0 Å². The van der Waals surface area contributed by atoms with Crippen LogP contribution in [0.4, 0.5) is 11.4 Å². The van der Waals surface area contributed by atoms with Gasteiger partial charge in [0.25, 0.3) is 5.69 Å². The van der Waals surface area contributed by atoms with Crippen LogP contribution < -0.4 is 5.32 Å². The molecular formula is C10H13BrN2O3. The molecule has 0 saturated heterocycles. The van der Waals surface area contributed by atoms with Crippen LogP contribution >= 0.6 is 15.9 Å². The number of nitro benzene ring substituents is 1. The quantitative estimate of drug-likeness (QED) is 0.644. The molecule has 0 aliphatic rings. The second-order valence-electron chi connectivity index (χ2n) is 3.59. The maximum absolute atomic E-state index is 10.7. The van der Waals surface area contributed by atoms with E-state index < -0.39 is 4.92 Å². The molecule has 1 rings (SSSR count). The topological polar surface area (TPSA) is 75.4 Å². The second kappa shape index (κ2) is 5.81. The molecule has 16 heavy (non-hydrogen) atoms. The SMILES string of the molecule is C[C@H](CO)CNc1cc(Br)ccc1[N+](=O)[O-]. The standard InChI is InChI=1S/C10H13BrN2O3/c1-7(6-14)5-12-9-4-8(11)2-3-10(9)13(15)16/h2-4,7,12,14H,5-6H2,1H3/t7-/m0/s1. The van der Waals surface area contributed by atoms with Crippen LogP contribution in [0, 0.1) is 16.0 Å². The Hall–Kier alpha value is -1.14. The van der Waals surface area contributed by atoms with E-state index in [9.17, 15) is 10.1 Å². The maximum atomic E-state index is 10.7. The minimum Gasteiger partial charge on any atom is -0.396 e. The first kappa shape index (κ1) is 12.9. The number of aliphatic hydroxyl groups excluding tert-OH is 1. The summed E-state index contributed by atoms with van der Waals surface area (Å²) in [5, 5.41) is 22.6. The molecule has 88 valence electrons. The van der Waals surface area contributed by atoms with Crippen molar-refractivity contribution < 1.29 is 10.0 Å². The third kappa shape index (κ3) is 3.46. The molecule has 1 aromatic rings. The molecule has 0 saturated carbocycles. The number of hydrogen-bond donors (Lipinski definition) is 2. The average molecular weight is 289 g/mol. The van der Waals surface area contributed by atoms with Gasteiger partial charge in [0.1, 0.15) is 5.69 Å². The fourth-order valence-electron chi connectivity index (χ4n) is 1.16. The summed E-state index contributed by atoms with van der Waals surface area (Å²) in [6.07, 6.45) is 0. The first-order valence-electron chi connectivity index (χ1n) is 4.83. The highest BCUT2D eigenvalue weighted by atomic mass is 79.9. The van der Waals surface area contributed by atoms with Crippen molar-refractivity contribution in [3.05, 3.63) is 32.8 Å². The lowest BCUT2D eigenvalue weighted by Crippen LogP contribution is -2.15. The van der Waals surface area contributed by atoms with Crippen LogP contribution in [0.5, 0.6) is 0 Å². The molecule has 0 aliphatic heterocycles. The van der Waals surface area contributed by atoms with E-state index in [4.69, 9.17) is 5.11 Å². The van der Waals surface area contributed by atoms with Crippen molar-refractivity contribution in [3.8, 4) is 0 Å². The molecule has 1 aromatic carbocycles. The number of benzene rings is 1. The molecule has 0 heterocycles. The summed E-state index contributed by atoms with van der Waals surface area (Å²) < 4.78 is 0.775. The summed E-state index contributed by atoms with van der Waals surface area (Å²) in [7, 11) is 0. The highest BCUT2D eigenvalue weighted by Crippen LogP contribution is 2.27. The third-order valence-electron chi connectivity index (χ3n) is 2.11. The van der Waals surface area contributed by atoms with Crippen molar-refractivity contribution in [1.29, 1.82) is 0 Å². The van der Waals surface area contributed by atoms with Gasteiger partial charge in [0, 0.05) is 23.7 Å². The number of anilines is 1. The monoisotopic (exact) mass is 288 g/mol. The number of nitrogens with one attached hydrogen (secondary N) is 1. The van der Waals surface area contributed by atoms with E-state index in [-0.39, 0.29) is 18.2 Å². The highest BCUT2D eigenvalue weighted by molar-refractivity contribution is 9.10. The van der Waals surface area contributed by atoms with E-state index >= 15 is 0 Å². The van der Waals surface area contributed by atoms with Crippen LogP contribution in [-0.2, 0) is 0 Å². The van der Waals surface area contributed by atoms with Gasteiger partial charge in [0.2, 0.25) is 0 Å². The van der Waals surface area contributed by atoms with Crippen molar-refractivity contribution in [2.75, 3.05) is 18.5 Å². The van der Waals surface area contributed by atoms with E-state index in [1.165, 1.54) is 6.07 Å². The van der Waals surface area contributed by atoms with Gasteiger partial charge < -0.3 is 10.4 Å². The molecule has 2 N–H and O–H groups in total. The smallest absolute Gasteiger partial charge is 0.292 e. The lowest BCUT2D eigenvalue weighted by molar-refractivity contribution is -0.384. The minimum atomic E-state index is -0.432. The number of aliphatic hydroxyl groups is 1. The van der Waals surface area contributed by atoms with Crippen molar-refractivity contribution in [3.63, 3.8) is 0 Å². The van der Waals surface area contributed by atoms with Gasteiger partial charge >= 0.3 is 0 Å². The number of nitro groups is 1. The van der Waals surface area contributed by atoms with Gasteiger partial charge in [-0.1, -0.05) is 22.9 Å². The molecule has 0 radical (unpaired) electrons. The second-order valence-corrected chi connectivity index (χ2v) is 4.50. The van der Waals surface area contributed by atoms with E-state index in [2.05, 4.69) is 21.2 Å². The molecule has 0 unspecified atom stereocenters. The molecule has 6 heteroatoms. The first-order valence-corrected chi connectivity index (χ1v) is 5.62.